The van der Waals surface area contributed by atoms with Gasteiger partial charge < -0.3 is 25.2 Å². The minimum absolute atomic E-state index is 0.0843. The third kappa shape index (κ3) is 9.27. The lowest BCUT2D eigenvalue weighted by molar-refractivity contribution is 0.184. The summed E-state index contributed by atoms with van der Waals surface area (Å²) in [5, 5.41) is 35.1. The summed E-state index contributed by atoms with van der Waals surface area (Å²) in [4.78, 5) is 0. The first-order valence-electron chi connectivity index (χ1n) is 4.76. The Morgan fingerprint density at radius 3 is 1.60 bits per heavy atom. The molecular formula is C10H18O5. The summed E-state index contributed by atoms with van der Waals surface area (Å²) in [6, 6.07) is 0. The maximum Gasteiger partial charge on any atom is 0.0928 e. The van der Waals surface area contributed by atoms with Crippen LogP contribution in [0.5, 0.6) is 0 Å². The standard InChI is InChI=1S/C10H18O5/c11-5-1-9(13)3-7-15-8-4-10(14)2-6-12/h3-4,11-14H,1-2,5-8H2. The average Bonchev–Trinajstić information content (AvgIpc) is 2.18. The van der Waals surface area contributed by atoms with E-state index < -0.39 is 0 Å². The molecule has 5 heteroatoms. The van der Waals surface area contributed by atoms with Crippen molar-refractivity contribution in [1.82, 2.24) is 0 Å². The van der Waals surface area contributed by atoms with E-state index in [1.165, 1.54) is 12.2 Å². The smallest absolute Gasteiger partial charge is 0.0928 e. The number of ether oxygens (including phenoxy) is 1. The van der Waals surface area contributed by atoms with Crippen LogP contribution in [-0.4, -0.2) is 46.9 Å². The van der Waals surface area contributed by atoms with Gasteiger partial charge in [0, 0.05) is 12.8 Å². The second kappa shape index (κ2) is 9.51. The largest absolute Gasteiger partial charge is 0.512 e. The van der Waals surface area contributed by atoms with Crippen LogP contribution >= 0.6 is 0 Å². The Morgan fingerprint density at radius 2 is 1.27 bits per heavy atom. The quantitative estimate of drug-likeness (QED) is 0.355. The molecule has 0 aromatic carbocycles. The molecule has 0 rings (SSSR count). The van der Waals surface area contributed by atoms with Crippen molar-refractivity contribution < 1.29 is 25.2 Å². The van der Waals surface area contributed by atoms with E-state index in [0.29, 0.717) is 0 Å². The highest BCUT2D eigenvalue weighted by Crippen LogP contribution is 1.96. The lowest BCUT2D eigenvalue weighted by atomic mass is 10.3. The van der Waals surface area contributed by atoms with Gasteiger partial charge >= 0.3 is 0 Å². The monoisotopic (exact) mass is 218 g/mol. The van der Waals surface area contributed by atoms with Crippen molar-refractivity contribution in [3.8, 4) is 0 Å². The molecule has 0 atom stereocenters. The molecule has 0 aliphatic rings. The molecule has 0 unspecified atom stereocenters. The summed E-state index contributed by atoms with van der Waals surface area (Å²) in [7, 11) is 0. The molecular weight excluding hydrogens is 200 g/mol. The van der Waals surface area contributed by atoms with Gasteiger partial charge in [0.05, 0.1) is 37.9 Å². The normalized spacial score (nSPS) is 13.2. The molecule has 0 saturated heterocycles. The first-order valence-corrected chi connectivity index (χ1v) is 4.76. The zero-order chi connectivity index (χ0) is 11.5. The predicted octanol–water partition coefficient (Wildman–Crippen LogP) is 0.652. The Bertz CT molecular complexity index is 188. The molecule has 0 amide bonds. The molecule has 88 valence electrons. The van der Waals surface area contributed by atoms with Crippen molar-refractivity contribution >= 4 is 0 Å². The van der Waals surface area contributed by atoms with Crippen molar-refractivity contribution in [1.29, 1.82) is 0 Å². The average molecular weight is 218 g/mol. The summed E-state index contributed by atoms with van der Waals surface area (Å²) in [5.41, 5.74) is 0. The van der Waals surface area contributed by atoms with Crippen molar-refractivity contribution in [3.05, 3.63) is 23.7 Å². The predicted molar refractivity (Wildman–Crippen MR) is 55.6 cm³/mol. The molecule has 0 aromatic heterocycles. The van der Waals surface area contributed by atoms with Gasteiger partial charge in [-0.15, -0.1) is 0 Å². The van der Waals surface area contributed by atoms with Gasteiger partial charge in [0.25, 0.3) is 0 Å². The van der Waals surface area contributed by atoms with Gasteiger partial charge in [-0.05, 0) is 12.2 Å². The summed E-state index contributed by atoms with van der Waals surface area (Å²) < 4.78 is 5.03. The van der Waals surface area contributed by atoms with E-state index in [1.807, 2.05) is 0 Å². The minimum Gasteiger partial charge on any atom is -0.512 e. The third-order valence-corrected chi connectivity index (χ3v) is 1.61. The molecule has 0 heterocycles. The van der Waals surface area contributed by atoms with E-state index in [4.69, 9.17) is 25.2 Å². The number of aliphatic hydroxyl groups is 4. The minimum atomic E-state index is -0.0977. The zero-order valence-electron chi connectivity index (χ0n) is 8.59. The Kier molecular flexibility index (Phi) is 8.85. The van der Waals surface area contributed by atoms with Gasteiger partial charge in [-0.2, -0.15) is 0 Å². The van der Waals surface area contributed by atoms with Crippen LogP contribution in [0.1, 0.15) is 12.8 Å². The summed E-state index contributed by atoms with van der Waals surface area (Å²) in [6.07, 6.45) is 3.34. The maximum absolute atomic E-state index is 9.07. The molecule has 5 nitrogen and oxygen atoms in total. The van der Waals surface area contributed by atoms with Gasteiger partial charge in [0.1, 0.15) is 0 Å². The molecule has 4 N–H and O–H groups in total. The fraction of sp³-hybridized carbons (Fsp3) is 0.600. The number of hydrogen-bond donors (Lipinski definition) is 4. The van der Waals surface area contributed by atoms with E-state index in [1.54, 1.807) is 0 Å². The first-order chi connectivity index (χ1) is 7.20. The fourth-order valence-electron chi connectivity index (χ4n) is 0.812. The Labute approximate surface area is 88.9 Å². The zero-order valence-corrected chi connectivity index (χ0v) is 8.59. The highest BCUT2D eigenvalue weighted by Gasteiger charge is 1.92. The molecule has 0 spiro atoms. The van der Waals surface area contributed by atoms with Gasteiger partial charge in [-0.3, -0.25) is 0 Å². The van der Waals surface area contributed by atoms with Gasteiger partial charge in [0.2, 0.25) is 0 Å². The molecule has 0 aliphatic heterocycles. The summed E-state index contributed by atoms with van der Waals surface area (Å²) in [6.45, 7) is 0.239. The second-order valence-electron chi connectivity index (χ2n) is 2.88. The maximum atomic E-state index is 9.07. The SMILES string of the molecule is OCCC(O)=CCOCC=C(O)CCO. The molecule has 0 saturated carbocycles. The van der Waals surface area contributed by atoms with Crippen molar-refractivity contribution in [2.45, 2.75) is 12.8 Å². The van der Waals surface area contributed by atoms with E-state index >= 15 is 0 Å². The lowest BCUT2D eigenvalue weighted by Gasteiger charge is -1.99. The summed E-state index contributed by atoms with van der Waals surface area (Å²) >= 11 is 0. The topological polar surface area (TPSA) is 90.2 Å². The molecule has 0 aliphatic carbocycles. The van der Waals surface area contributed by atoms with Crippen molar-refractivity contribution in [2.24, 2.45) is 0 Å². The van der Waals surface area contributed by atoms with Crippen LogP contribution in [0, 0.1) is 0 Å². The van der Waals surface area contributed by atoms with Crippen molar-refractivity contribution in [2.75, 3.05) is 26.4 Å². The molecule has 0 aromatic rings. The lowest BCUT2D eigenvalue weighted by Crippen LogP contribution is -1.96. The molecule has 0 bridgehead atoms. The highest BCUT2D eigenvalue weighted by atomic mass is 16.5. The van der Waals surface area contributed by atoms with Gasteiger partial charge in [-0.25, -0.2) is 0 Å². The number of rotatable bonds is 8. The van der Waals surface area contributed by atoms with Crippen LogP contribution in [-0.2, 0) is 4.74 Å². The van der Waals surface area contributed by atoms with Gasteiger partial charge in [0.15, 0.2) is 0 Å². The first kappa shape index (κ1) is 14.0. The van der Waals surface area contributed by atoms with Crippen LogP contribution < -0.4 is 0 Å². The van der Waals surface area contributed by atoms with Crippen LogP contribution in [0.25, 0.3) is 0 Å². The molecule has 15 heavy (non-hydrogen) atoms. The molecule has 0 fully saturated rings. The van der Waals surface area contributed by atoms with E-state index in [2.05, 4.69) is 0 Å². The van der Waals surface area contributed by atoms with E-state index in [0.717, 1.165) is 0 Å². The van der Waals surface area contributed by atoms with Gasteiger partial charge in [-0.1, -0.05) is 0 Å². The highest BCUT2D eigenvalue weighted by molar-refractivity contribution is 4.92. The Balaban J connectivity index is 3.54. The van der Waals surface area contributed by atoms with E-state index in [-0.39, 0.29) is 50.8 Å². The van der Waals surface area contributed by atoms with E-state index in [9.17, 15) is 0 Å². The van der Waals surface area contributed by atoms with Crippen LogP contribution in [0.15, 0.2) is 23.7 Å². The van der Waals surface area contributed by atoms with Crippen LogP contribution in [0.4, 0.5) is 0 Å². The summed E-state index contributed by atoms with van der Waals surface area (Å²) in [5.74, 6) is 0.169. The third-order valence-electron chi connectivity index (χ3n) is 1.61. The van der Waals surface area contributed by atoms with Crippen LogP contribution in [0.3, 0.4) is 0 Å². The Morgan fingerprint density at radius 1 is 0.867 bits per heavy atom. The fourth-order valence-corrected chi connectivity index (χ4v) is 0.812. The number of aliphatic hydroxyl groups excluding tert-OH is 4. The van der Waals surface area contributed by atoms with Crippen molar-refractivity contribution in [3.63, 3.8) is 0 Å². The molecule has 0 radical (unpaired) electrons. The van der Waals surface area contributed by atoms with Crippen LogP contribution in [0.2, 0.25) is 0 Å². The second-order valence-corrected chi connectivity index (χ2v) is 2.88. The number of hydrogen-bond acceptors (Lipinski definition) is 5. The Hall–Kier alpha value is -1.04.